The van der Waals surface area contributed by atoms with Gasteiger partial charge in [0.25, 0.3) is 0 Å². The van der Waals surface area contributed by atoms with Crippen LogP contribution in [0.5, 0.6) is 0 Å². The minimum absolute atomic E-state index is 0.115. The first-order valence-corrected chi connectivity index (χ1v) is 8.81. The second kappa shape index (κ2) is 2.14. The van der Waals surface area contributed by atoms with Crippen molar-refractivity contribution in [3.8, 4) is 0 Å². The van der Waals surface area contributed by atoms with Crippen molar-refractivity contribution in [1.82, 2.24) is 13.9 Å². The molecule has 0 N–H and O–H groups in total. The molecule has 4 saturated carbocycles. The van der Waals surface area contributed by atoms with E-state index in [0.717, 1.165) is 23.3 Å². The Hall–Kier alpha value is -1.11. The van der Waals surface area contributed by atoms with Gasteiger partial charge in [-0.1, -0.05) is 0 Å². The summed E-state index contributed by atoms with van der Waals surface area (Å²) in [4.78, 5) is 24.8. The molecule has 20 heavy (non-hydrogen) atoms. The van der Waals surface area contributed by atoms with Crippen LogP contribution in [0.1, 0.15) is 12.1 Å². The van der Waals surface area contributed by atoms with E-state index in [-0.39, 0.29) is 34.3 Å². The van der Waals surface area contributed by atoms with Gasteiger partial charge in [-0.15, -0.1) is 0 Å². The van der Waals surface area contributed by atoms with Crippen LogP contribution in [-0.4, -0.2) is 29.6 Å². The zero-order valence-corrected chi connectivity index (χ0v) is 11.7. The van der Waals surface area contributed by atoms with Gasteiger partial charge >= 0.3 is 11.4 Å². The summed E-state index contributed by atoms with van der Waals surface area (Å²) in [5.41, 5.74) is -0.107. The van der Waals surface area contributed by atoms with Crippen LogP contribution in [0.4, 0.5) is 0 Å². The summed E-state index contributed by atoms with van der Waals surface area (Å²) in [6.07, 6.45) is 0. The van der Waals surface area contributed by atoms with Crippen LogP contribution in [0.3, 0.4) is 0 Å². The molecular weight excluding hydrogens is 278 g/mol. The average Bonchev–Trinajstić information content (AvgIpc) is 2.81. The largest absolute Gasteiger partial charge is 0.347 e. The number of hydrogen-bond acceptors (Lipinski definition) is 3. The van der Waals surface area contributed by atoms with E-state index in [9.17, 15) is 13.8 Å². The first kappa shape index (κ1) is 9.76. The predicted molar refractivity (Wildman–Crippen MR) is 68.7 cm³/mol. The van der Waals surface area contributed by atoms with Crippen LogP contribution in [0.25, 0.3) is 0 Å². The second-order valence-corrected chi connectivity index (χ2v) is 9.18. The quantitative estimate of drug-likeness (QED) is 0.597. The van der Waals surface area contributed by atoms with Crippen LogP contribution in [-0.2, 0) is 17.8 Å². The van der Waals surface area contributed by atoms with E-state index < -0.39 is 10.8 Å². The van der Waals surface area contributed by atoms with E-state index in [1.165, 1.54) is 4.57 Å². The molecular formula is C13H13N3O3S. The molecule has 4 aliphatic carbocycles. The molecule has 1 unspecified atom stereocenters. The molecule has 0 radical (unpaired) electrons. The van der Waals surface area contributed by atoms with Crippen LogP contribution >= 0.6 is 0 Å². The fourth-order valence-corrected chi connectivity index (χ4v) is 10.4. The first-order chi connectivity index (χ1) is 9.57. The summed E-state index contributed by atoms with van der Waals surface area (Å²) in [5, 5.41) is 0. The maximum atomic E-state index is 12.4. The van der Waals surface area contributed by atoms with Gasteiger partial charge in [0.1, 0.15) is 0 Å². The third-order valence-corrected chi connectivity index (χ3v) is 9.63. The van der Waals surface area contributed by atoms with Gasteiger partial charge < -0.3 is 0 Å². The Morgan fingerprint density at radius 1 is 1.00 bits per heavy atom. The van der Waals surface area contributed by atoms with Crippen molar-refractivity contribution < 1.29 is 4.21 Å². The topological polar surface area (TPSA) is 66.0 Å². The lowest BCUT2D eigenvalue weighted by Gasteiger charge is -2.99. The van der Waals surface area contributed by atoms with Crippen molar-refractivity contribution in [1.29, 1.82) is 0 Å². The molecule has 0 aromatic carbocycles. The number of rotatable bonds is 0. The molecule has 2 spiro atoms. The summed E-state index contributed by atoms with van der Waals surface area (Å²) in [5.74, 6) is 4.18. The fraction of sp³-hybridized carbons (Fsp3) is 0.846. The van der Waals surface area contributed by atoms with Crippen LogP contribution < -0.4 is 11.4 Å². The number of hydrogen-bond donors (Lipinski definition) is 0. The molecule has 4 heterocycles. The lowest BCUT2D eigenvalue weighted by Crippen LogP contribution is -3.00. The molecule has 1 aromatic heterocycles. The minimum Gasteiger partial charge on any atom is -0.260 e. The number of aromatic nitrogens is 3. The Morgan fingerprint density at radius 2 is 1.45 bits per heavy atom. The van der Waals surface area contributed by atoms with Crippen LogP contribution in [0, 0.1) is 34.5 Å². The Morgan fingerprint density at radius 3 is 1.90 bits per heavy atom. The normalized spacial score (nSPS) is 64.3. The van der Waals surface area contributed by atoms with E-state index in [1.54, 1.807) is 16.4 Å². The van der Waals surface area contributed by atoms with Crippen molar-refractivity contribution in [2.45, 2.75) is 12.1 Å². The molecule has 1 saturated heterocycles. The maximum Gasteiger partial charge on any atom is 0.347 e. The average molecular weight is 291 g/mol. The fourth-order valence-electron chi connectivity index (χ4n) is 7.93. The van der Waals surface area contributed by atoms with Crippen LogP contribution in [0.15, 0.2) is 9.59 Å². The minimum atomic E-state index is -0.755. The van der Waals surface area contributed by atoms with E-state index in [1.807, 2.05) is 0 Å². The molecule has 2 bridgehead atoms. The molecule has 1 aromatic rings. The van der Waals surface area contributed by atoms with Gasteiger partial charge in [0.15, 0.2) is 0 Å². The van der Waals surface area contributed by atoms with E-state index in [0.29, 0.717) is 11.8 Å². The Balaban J connectivity index is 1.67. The molecule has 5 fully saturated rings. The van der Waals surface area contributed by atoms with Gasteiger partial charge in [0.2, 0.25) is 0 Å². The molecule has 6 nitrogen and oxygen atoms in total. The van der Waals surface area contributed by atoms with Crippen molar-refractivity contribution >= 4 is 10.8 Å². The SMILES string of the molecule is Cn1c(=O)n2n(c1=O)[C@@H]1[C@H]3[C@@H]4[C@@H]5[C@H]3[C@]13CS(=O)C[C@@]53[C@H]42. The maximum absolute atomic E-state index is 12.4. The van der Waals surface area contributed by atoms with Crippen molar-refractivity contribution in [3.63, 3.8) is 0 Å². The standard InChI is InChI=1S/C13H13N3O3S/c1-14-10(17)15-8-4-5-7-6(4)12(8)2-20(19)3-13(7,12)9(5)16(15)11(14)18/h4-9H,2-3H2,1H3/t4-,5+,6-,7+,8+,9-,12+,13-,20?. The highest BCUT2D eigenvalue weighted by molar-refractivity contribution is 7.85. The third kappa shape index (κ3) is 0.484. The molecule has 8 rings (SSSR count). The Bertz CT molecular complexity index is 841. The highest BCUT2D eigenvalue weighted by Crippen LogP contribution is 3.03. The third-order valence-electron chi connectivity index (χ3n) is 8.03. The summed E-state index contributed by atoms with van der Waals surface area (Å²) >= 11 is 0. The van der Waals surface area contributed by atoms with E-state index in [4.69, 9.17) is 0 Å². The highest BCUT2D eigenvalue weighted by atomic mass is 32.2. The Labute approximate surface area is 115 Å². The van der Waals surface area contributed by atoms with Crippen molar-refractivity contribution in [3.05, 3.63) is 21.0 Å². The monoisotopic (exact) mass is 291 g/mol. The molecule has 3 aliphatic heterocycles. The van der Waals surface area contributed by atoms with Gasteiger partial charge in [0, 0.05) is 40.2 Å². The van der Waals surface area contributed by atoms with Gasteiger partial charge in [-0.25, -0.2) is 23.5 Å². The predicted octanol–water partition coefficient (Wildman–Crippen LogP) is -1.30. The summed E-state index contributed by atoms with van der Waals surface area (Å²) in [6.45, 7) is 0. The first-order valence-electron chi connectivity index (χ1n) is 7.32. The molecule has 7 aliphatic rings. The van der Waals surface area contributed by atoms with Gasteiger partial charge in [-0.2, -0.15) is 0 Å². The summed E-state index contributed by atoms with van der Waals surface area (Å²) < 4.78 is 17.0. The molecule has 7 heteroatoms. The second-order valence-electron chi connectivity index (χ2n) is 7.72. The smallest absolute Gasteiger partial charge is 0.260 e. The number of nitrogens with zero attached hydrogens (tertiary/aromatic N) is 3. The highest BCUT2D eigenvalue weighted by Gasteiger charge is 3.04. The van der Waals surface area contributed by atoms with E-state index >= 15 is 0 Å². The summed E-state index contributed by atoms with van der Waals surface area (Å²) in [6, 6.07) is 0.334. The zero-order chi connectivity index (χ0) is 13.3. The summed E-state index contributed by atoms with van der Waals surface area (Å²) in [7, 11) is 0.824. The lowest BCUT2D eigenvalue weighted by molar-refractivity contribution is -0.533. The molecule has 0 amide bonds. The lowest BCUT2D eigenvalue weighted by atomic mass is 9.06. The van der Waals surface area contributed by atoms with Crippen LogP contribution in [0.2, 0.25) is 0 Å². The van der Waals surface area contributed by atoms with Gasteiger partial charge in [-0.3, -0.25) is 4.21 Å². The van der Waals surface area contributed by atoms with Gasteiger partial charge in [0.05, 0.1) is 12.1 Å². The van der Waals surface area contributed by atoms with Crippen molar-refractivity contribution in [2.24, 2.45) is 41.5 Å². The van der Waals surface area contributed by atoms with Gasteiger partial charge in [-0.05, 0) is 23.7 Å². The molecule has 9 atom stereocenters. The van der Waals surface area contributed by atoms with Crippen molar-refractivity contribution in [2.75, 3.05) is 11.5 Å². The Kier molecular flexibility index (Phi) is 1.04. The zero-order valence-electron chi connectivity index (χ0n) is 10.9. The molecule has 104 valence electrons. The van der Waals surface area contributed by atoms with E-state index in [2.05, 4.69) is 0 Å².